The van der Waals surface area contributed by atoms with Gasteiger partial charge in [0.1, 0.15) is 11.5 Å². The standard InChI is InChI=1S/C14H19NO3/c1-16-12-5-4-11-10(8-17-9-18-11)13(12)14(15)6-2-3-7-14/h4-5H,2-3,6-9,15H2,1H3. The first-order valence-electron chi connectivity index (χ1n) is 6.44. The highest BCUT2D eigenvalue weighted by molar-refractivity contribution is 5.52. The first-order valence-corrected chi connectivity index (χ1v) is 6.44. The molecule has 2 aliphatic rings. The van der Waals surface area contributed by atoms with Gasteiger partial charge in [0.15, 0.2) is 6.79 Å². The van der Waals surface area contributed by atoms with Crippen molar-refractivity contribution in [2.45, 2.75) is 37.8 Å². The lowest BCUT2D eigenvalue weighted by Gasteiger charge is -2.31. The third kappa shape index (κ3) is 1.76. The molecular weight excluding hydrogens is 230 g/mol. The van der Waals surface area contributed by atoms with E-state index in [0.29, 0.717) is 13.4 Å². The largest absolute Gasteiger partial charge is 0.496 e. The Morgan fingerprint density at radius 1 is 1.28 bits per heavy atom. The first-order chi connectivity index (χ1) is 8.74. The van der Waals surface area contributed by atoms with Crippen molar-refractivity contribution in [2.24, 2.45) is 5.73 Å². The Morgan fingerprint density at radius 2 is 2.06 bits per heavy atom. The van der Waals surface area contributed by atoms with E-state index >= 15 is 0 Å². The molecule has 1 saturated carbocycles. The molecule has 0 bridgehead atoms. The lowest BCUT2D eigenvalue weighted by Crippen LogP contribution is -2.35. The van der Waals surface area contributed by atoms with Gasteiger partial charge in [-0.25, -0.2) is 0 Å². The summed E-state index contributed by atoms with van der Waals surface area (Å²) in [5.74, 6) is 1.74. The van der Waals surface area contributed by atoms with Crippen LogP contribution in [-0.4, -0.2) is 13.9 Å². The molecule has 0 amide bonds. The molecule has 1 aromatic carbocycles. The molecule has 0 unspecified atom stereocenters. The molecule has 4 heteroatoms. The third-order valence-electron chi connectivity index (χ3n) is 3.99. The number of methoxy groups -OCH3 is 1. The molecule has 0 aromatic heterocycles. The Labute approximate surface area is 107 Å². The van der Waals surface area contributed by atoms with Crippen molar-refractivity contribution in [1.29, 1.82) is 0 Å². The number of hydrogen-bond donors (Lipinski definition) is 1. The number of fused-ring (bicyclic) bond motifs is 1. The molecule has 18 heavy (non-hydrogen) atoms. The van der Waals surface area contributed by atoms with Crippen LogP contribution in [0.3, 0.4) is 0 Å². The van der Waals surface area contributed by atoms with E-state index in [-0.39, 0.29) is 5.54 Å². The van der Waals surface area contributed by atoms with E-state index in [2.05, 4.69) is 0 Å². The second-order valence-electron chi connectivity index (χ2n) is 5.09. The van der Waals surface area contributed by atoms with Crippen molar-refractivity contribution in [3.05, 3.63) is 23.3 Å². The molecule has 1 aliphatic heterocycles. The highest BCUT2D eigenvalue weighted by Crippen LogP contribution is 2.45. The summed E-state index contributed by atoms with van der Waals surface area (Å²) in [7, 11) is 1.69. The smallest absolute Gasteiger partial charge is 0.189 e. The quantitative estimate of drug-likeness (QED) is 0.873. The van der Waals surface area contributed by atoms with Crippen molar-refractivity contribution < 1.29 is 14.2 Å². The summed E-state index contributed by atoms with van der Waals surface area (Å²) >= 11 is 0. The van der Waals surface area contributed by atoms with Crippen molar-refractivity contribution in [2.75, 3.05) is 13.9 Å². The topological polar surface area (TPSA) is 53.7 Å². The SMILES string of the molecule is COc1ccc2c(c1C1(N)CCCC1)COCO2. The lowest BCUT2D eigenvalue weighted by molar-refractivity contribution is -0.0176. The van der Waals surface area contributed by atoms with Gasteiger partial charge in [-0.3, -0.25) is 0 Å². The van der Waals surface area contributed by atoms with Crippen LogP contribution in [-0.2, 0) is 16.9 Å². The van der Waals surface area contributed by atoms with Crippen molar-refractivity contribution >= 4 is 0 Å². The average Bonchev–Trinajstić information content (AvgIpc) is 2.85. The van der Waals surface area contributed by atoms with E-state index in [9.17, 15) is 0 Å². The summed E-state index contributed by atoms with van der Waals surface area (Å²) in [5, 5.41) is 0. The number of benzene rings is 1. The Balaban J connectivity index is 2.15. The van der Waals surface area contributed by atoms with Crippen LogP contribution in [0.4, 0.5) is 0 Å². The van der Waals surface area contributed by atoms with E-state index in [4.69, 9.17) is 19.9 Å². The fraction of sp³-hybridized carbons (Fsp3) is 0.571. The van der Waals surface area contributed by atoms with Gasteiger partial charge in [0, 0.05) is 16.7 Å². The predicted octanol–water partition coefficient (Wildman–Crippen LogP) is 2.29. The summed E-state index contributed by atoms with van der Waals surface area (Å²) in [6.07, 6.45) is 4.34. The Hall–Kier alpha value is -1.26. The van der Waals surface area contributed by atoms with Gasteiger partial charge in [-0.1, -0.05) is 12.8 Å². The van der Waals surface area contributed by atoms with Gasteiger partial charge in [0.25, 0.3) is 0 Å². The number of nitrogens with two attached hydrogens (primary N) is 1. The van der Waals surface area contributed by atoms with Crippen LogP contribution < -0.4 is 15.2 Å². The second-order valence-corrected chi connectivity index (χ2v) is 5.09. The Morgan fingerprint density at radius 3 is 2.78 bits per heavy atom. The summed E-state index contributed by atoms with van der Waals surface area (Å²) in [6, 6.07) is 3.89. The van der Waals surface area contributed by atoms with Gasteiger partial charge in [-0.2, -0.15) is 0 Å². The van der Waals surface area contributed by atoms with Crippen molar-refractivity contribution in [1.82, 2.24) is 0 Å². The number of rotatable bonds is 2. The molecule has 0 radical (unpaired) electrons. The van der Waals surface area contributed by atoms with Gasteiger partial charge in [0.2, 0.25) is 0 Å². The van der Waals surface area contributed by atoms with Crippen LogP contribution in [0, 0.1) is 0 Å². The van der Waals surface area contributed by atoms with Gasteiger partial charge in [-0.15, -0.1) is 0 Å². The molecular formula is C14H19NO3. The molecule has 1 aromatic rings. The molecule has 1 aliphatic carbocycles. The molecule has 0 atom stereocenters. The maximum absolute atomic E-state index is 6.59. The molecule has 0 spiro atoms. The van der Waals surface area contributed by atoms with E-state index < -0.39 is 0 Å². The summed E-state index contributed by atoms with van der Waals surface area (Å²) in [6.45, 7) is 0.872. The number of hydrogen-bond acceptors (Lipinski definition) is 4. The molecule has 4 nitrogen and oxygen atoms in total. The minimum Gasteiger partial charge on any atom is -0.496 e. The van der Waals surface area contributed by atoms with Crippen LogP contribution in [0.1, 0.15) is 36.8 Å². The van der Waals surface area contributed by atoms with E-state index in [1.54, 1.807) is 7.11 Å². The fourth-order valence-electron chi connectivity index (χ4n) is 3.11. The van der Waals surface area contributed by atoms with Crippen molar-refractivity contribution in [3.63, 3.8) is 0 Å². The zero-order valence-electron chi connectivity index (χ0n) is 10.7. The second kappa shape index (κ2) is 4.44. The lowest BCUT2D eigenvalue weighted by atomic mass is 9.84. The molecule has 3 rings (SSSR count). The van der Waals surface area contributed by atoms with Crippen LogP contribution in [0.25, 0.3) is 0 Å². The van der Waals surface area contributed by atoms with E-state index in [0.717, 1.165) is 35.5 Å². The van der Waals surface area contributed by atoms with Crippen LogP contribution in [0.2, 0.25) is 0 Å². The summed E-state index contributed by atoms with van der Waals surface area (Å²) in [4.78, 5) is 0. The maximum atomic E-state index is 6.59. The summed E-state index contributed by atoms with van der Waals surface area (Å²) < 4.78 is 16.4. The average molecular weight is 249 g/mol. The van der Waals surface area contributed by atoms with Crippen LogP contribution >= 0.6 is 0 Å². The van der Waals surface area contributed by atoms with Crippen molar-refractivity contribution in [3.8, 4) is 11.5 Å². The zero-order valence-corrected chi connectivity index (χ0v) is 10.7. The monoisotopic (exact) mass is 249 g/mol. The predicted molar refractivity (Wildman–Crippen MR) is 67.6 cm³/mol. The molecule has 2 N–H and O–H groups in total. The van der Waals surface area contributed by atoms with E-state index in [1.807, 2.05) is 12.1 Å². The normalized spacial score (nSPS) is 21.2. The Bertz CT molecular complexity index is 453. The van der Waals surface area contributed by atoms with E-state index in [1.165, 1.54) is 12.8 Å². The summed E-state index contributed by atoms with van der Waals surface area (Å²) in [5.41, 5.74) is 8.44. The third-order valence-corrected chi connectivity index (χ3v) is 3.99. The van der Waals surface area contributed by atoms with Gasteiger partial charge >= 0.3 is 0 Å². The van der Waals surface area contributed by atoms with Crippen LogP contribution in [0.15, 0.2) is 12.1 Å². The van der Waals surface area contributed by atoms with Gasteiger partial charge in [0.05, 0.1) is 13.7 Å². The maximum Gasteiger partial charge on any atom is 0.189 e. The molecule has 98 valence electrons. The highest BCUT2D eigenvalue weighted by Gasteiger charge is 2.37. The van der Waals surface area contributed by atoms with Crippen LogP contribution in [0.5, 0.6) is 11.5 Å². The molecule has 1 heterocycles. The molecule has 1 fully saturated rings. The zero-order chi connectivity index (χ0) is 12.6. The Kier molecular flexibility index (Phi) is 2.92. The fourth-order valence-corrected chi connectivity index (χ4v) is 3.11. The molecule has 0 saturated heterocycles. The first kappa shape index (κ1) is 11.8. The van der Waals surface area contributed by atoms with Gasteiger partial charge < -0.3 is 19.9 Å². The van der Waals surface area contributed by atoms with Gasteiger partial charge in [-0.05, 0) is 25.0 Å². The minimum atomic E-state index is -0.291. The number of ether oxygens (including phenoxy) is 3. The minimum absolute atomic E-state index is 0.291. The highest BCUT2D eigenvalue weighted by atomic mass is 16.7.